The molecule has 22 heavy (non-hydrogen) atoms. The van der Waals surface area contributed by atoms with Gasteiger partial charge in [-0.05, 0) is 25.1 Å². The van der Waals surface area contributed by atoms with E-state index in [4.69, 9.17) is 0 Å². The van der Waals surface area contributed by atoms with Crippen LogP contribution in [0.25, 0.3) is 27.4 Å². The van der Waals surface area contributed by atoms with E-state index in [0.29, 0.717) is 11.3 Å². The molecule has 0 spiro atoms. The Bertz CT molecular complexity index is 969. The second kappa shape index (κ2) is 4.60. The summed E-state index contributed by atoms with van der Waals surface area (Å²) in [7, 11) is 0. The highest BCUT2D eigenvalue weighted by Gasteiger charge is 2.23. The molecule has 0 saturated carbocycles. The van der Waals surface area contributed by atoms with Gasteiger partial charge in [-0.3, -0.25) is 4.57 Å². The summed E-state index contributed by atoms with van der Waals surface area (Å²) in [6, 6.07) is 5.58. The van der Waals surface area contributed by atoms with Gasteiger partial charge in [-0.25, -0.2) is 9.97 Å². The largest absolute Gasteiger partial charge is 0.503 e. The van der Waals surface area contributed by atoms with Crippen molar-refractivity contribution in [3.63, 3.8) is 0 Å². The minimum atomic E-state index is -0.193. The fourth-order valence-corrected chi connectivity index (χ4v) is 3.30. The number of fused-ring (bicyclic) bond motifs is 1. The van der Waals surface area contributed by atoms with Gasteiger partial charge in [-0.2, -0.15) is 0 Å². The van der Waals surface area contributed by atoms with Gasteiger partial charge in [0.2, 0.25) is 5.88 Å². The lowest BCUT2D eigenvalue weighted by Gasteiger charge is -2.09. The summed E-state index contributed by atoms with van der Waals surface area (Å²) in [5, 5.41) is 23.1. The van der Waals surface area contributed by atoms with Crippen LogP contribution in [0.5, 0.6) is 11.6 Å². The third-order valence-electron chi connectivity index (χ3n) is 3.65. The molecule has 3 heterocycles. The molecule has 0 aliphatic carbocycles. The van der Waals surface area contributed by atoms with Gasteiger partial charge in [0.25, 0.3) is 0 Å². The Balaban J connectivity index is 2.03. The fourth-order valence-electron chi connectivity index (χ4n) is 2.57. The quantitative estimate of drug-likeness (QED) is 0.530. The van der Waals surface area contributed by atoms with Crippen molar-refractivity contribution in [3.05, 3.63) is 41.7 Å². The molecule has 0 fully saturated rings. The van der Waals surface area contributed by atoms with E-state index < -0.39 is 0 Å². The molecule has 3 N–H and O–H groups in total. The lowest BCUT2D eigenvalue weighted by Crippen LogP contribution is -1.97. The molecule has 0 saturated heterocycles. The topological polar surface area (TPSA) is 87.0 Å². The Morgan fingerprint density at radius 1 is 1.23 bits per heavy atom. The molecular weight excluding hydrogens is 300 g/mol. The zero-order valence-corrected chi connectivity index (χ0v) is 12.4. The summed E-state index contributed by atoms with van der Waals surface area (Å²) in [6.45, 7) is 1.76. The number of aromatic hydroxyl groups is 2. The van der Waals surface area contributed by atoms with Crippen molar-refractivity contribution in [3.8, 4) is 28.0 Å². The monoisotopic (exact) mass is 312 g/mol. The Morgan fingerprint density at radius 3 is 2.86 bits per heavy atom. The molecule has 0 atom stereocenters. The summed E-state index contributed by atoms with van der Waals surface area (Å²) in [4.78, 5) is 11.5. The number of H-pyrrole nitrogens is 1. The predicted octanol–water partition coefficient (Wildman–Crippen LogP) is 3.20. The van der Waals surface area contributed by atoms with Crippen LogP contribution in [0.4, 0.5) is 0 Å². The predicted molar refractivity (Wildman–Crippen MR) is 84.6 cm³/mol. The molecule has 0 radical (unpaired) electrons. The molecule has 6 nitrogen and oxygen atoms in total. The number of nitrogens with zero attached hydrogens (tertiary/aromatic N) is 3. The molecule has 0 unspecified atom stereocenters. The van der Waals surface area contributed by atoms with Gasteiger partial charge in [0.15, 0.2) is 5.75 Å². The van der Waals surface area contributed by atoms with Gasteiger partial charge < -0.3 is 15.2 Å². The lowest BCUT2D eigenvalue weighted by atomic mass is 10.2. The number of aromatic nitrogens is 4. The molecular formula is C15H12N4O2S. The number of aromatic amines is 1. The Kier molecular flexibility index (Phi) is 2.70. The van der Waals surface area contributed by atoms with Crippen molar-refractivity contribution in [2.24, 2.45) is 0 Å². The summed E-state index contributed by atoms with van der Waals surface area (Å²) < 4.78 is 1.60. The molecule has 0 bridgehead atoms. The minimum Gasteiger partial charge on any atom is -0.503 e. The third-order valence-corrected chi connectivity index (χ3v) is 4.43. The Labute approximate surface area is 129 Å². The van der Waals surface area contributed by atoms with E-state index in [1.165, 1.54) is 11.3 Å². The number of thiazole rings is 1. The highest BCUT2D eigenvalue weighted by atomic mass is 32.1. The molecule has 3 aromatic heterocycles. The highest BCUT2D eigenvalue weighted by molar-refractivity contribution is 7.13. The fraction of sp³-hybridized carbons (Fsp3) is 0.0667. The van der Waals surface area contributed by atoms with Gasteiger partial charge in [0.05, 0.1) is 28.7 Å². The number of imidazole rings is 1. The van der Waals surface area contributed by atoms with Crippen molar-refractivity contribution in [2.75, 3.05) is 0 Å². The van der Waals surface area contributed by atoms with E-state index in [0.717, 1.165) is 21.7 Å². The highest BCUT2D eigenvalue weighted by Crippen LogP contribution is 2.42. The average molecular weight is 312 g/mol. The molecule has 110 valence electrons. The third kappa shape index (κ3) is 1.72. The summed E-state index contributed by atoms with van der Waals surface area (Å²) in [6.07, 6.45) is 3.32. The van der Waals surface area contributed by atoms with E-state index in [1.54, 1.807) is 24.0 Å². The maximum Gasteiger partial charge on any atom is 0.240 e. The van der Waals surface area contributed by atoms with E-state index in [2.05, 4.69) is 15.0 Å². The smallest absolute Gasteiger partial charge is 0.240 e. The summed E-state index contributed by atoms with van der Waals surface area (Å²) >= 11 is 1.45. The standard InChI is InChI=1S/C15H12N4O2S/c1-8-12(14-16-4-5-22-14)19(15(21)13(8)20)9-2-3-10-11(6-9)18-7-17-10/h2-7,20-21H,1H3,(H,17,18). The van der Waals surface area contributed by atoms with Crippen LogP contribution >= 0.6 is 11.3 Å². The Hall–Kier alpha value is -2.80. The number of benzene rings is 1. The van der Waals surface area contributed by atoms with Gasteiger partial charge in [0.1, 0.15) is 5.01 Å². The maximum absolute atomic E-state index is 10.3. The van der Waals surface area contributed by atoms with Gasteiger partial charge in [-0.1, -0.05) is 0 Å². The van der Waals surface area contributed by atoms with Crippen LogP contribution in [0, 0.1) is 6.92 Å². The van der Waals surface area contributed by atoms with Gasteiger partial charge >= 0.3 is 0 Å². The Morgan fingerprint density at radius 2 is 2.09 bits per heavy atom. The molecule has 1 aromatic carbocycles. The SMILES string of the molecule is Cc1c(O)c(O)n(-c2ccc3nc[nH]c3c2)c1-c1nccs1. The van der Waals surface area contributed by atoms with Gasteiger partial charge in [-0.15, -0.1) is 11.3 Å². The van der Waals surface area contributed by atoms with Crippen molar-refractivity contribution >= 4 is 22.4 Å². The van der Waals surface area contributed by atoms with Crippen LogP contribution in [0.15, 0.2) is 36.1 Å². The van der Waals surface area contributed by atoms with E-state index >= 15 is 0 Å². The zero-order chi connectivity index (χ0) is 15.3. The molecule has 0 aliphatic heterocycles. The first-order chi connectivity index (χ1) is 10.7. The van der Waals surface area contributed by atoms with Crippen molar-refractivity contribution in [2.45, 2.75) is 6.92 Å². The van der Waals surface area contributed by atoms with Gasteiger partial charge in [0, 0.05) is 17.1 Å². The molecule has 4 rings (SSSR count). The second-order valence-electron chi connectivity index (χ2n) is 4.92. The van der Waals surface area contributed by atoms with Crippen LogP contribution in [-0.2, 0) is 0 Å². The molecule has 0 amide bonds. The summed E-state index contributed by atoms with van der Waals surface area (Å²) in [5.41, 5.74) is 3.70. The molecule has 4 aromatic rings. The normalized spacial score (nSPS) is 11.3. The average Bonchev–Trinajstić information content (AvgIpc) is 3.23. The van der Waals surface area contributed by atoms with Crippen LogP contribution < -0.4 is 0 Å². The lowest BCUT2D eigenvalue weighted by molar-refractivity contribution is 0.386. The van der Waals surface area contributed by atoms with Crippen molar-refractivity contribution in [1.82, 2.24) is 19.5 Å². The summed E-state index contributed by atoms with van der Waals surface area (Å²) in [5.74, 6) is -0.323. The first-order valence-corrected chi connectivity index (χ1v) is 7.51. The number of hydrogen-bond acceptors (Lipinski definition) is 5. The van der Waals surface area contributed by atoms with Crippen LogP contribution in [-0.4, -0.2) is 29.7 Å². The minimum absolute atomic E-state index is 0.130. The van der Waals surface area contributed by atoms with E-state index in [9.17, 15) is 10.2 Å². The van der Waals surface area contributed by atoms with Crippen molar-refractivity contribution < 1.29 is 10.2 Å². The zero-order valence-electron chi connectivity index (χ0n) is 11.6. The van der Waals surface area contributed by atoms with Crippen LogP contribution in [0.2, 0.25) is 0 Å². The second-order valence-corrected chi connectivity index (χ2v) is 5.82. The molecule has 0 aliphatic rings. The van der Waals surface area contributed by atoms with Crippen LogP contribution in [0.3, 0.4) is 0 Å². The first kappa shape index (κ1) is 12.9. The first-order valence-electron chi connectivity index (χ1n) is 6.63. The van der Waals surface area contributed by atoms with E-state index in [1.807, 2.05) is 23.6 Å². The van der Waals surface area contributed by atoms with Crippen LogP contribution in [0.1, 0.15) is 5.56 Å². The number of nitrogens with one attached hydrogen (secondary N) is 1. The van der Waals surface area contributed by atoms with E-state index in [-0.39, 0.29) is 11.6 Å². The van der Waals surface area contributed by atoms with Crippen molar-refractivity contribution in [1.29, 1.82) is 0 Å². The molecule has 7 heteroatoms. The number of rotatable bonds is 2. The number of hydrogen-bond donors (Lipinski definition) is 3. The maximum atomic E-state index is 10.3.